The number of Topliss-reactive ketones (excluding diaryl/α,β-unsaturated/α-hetero) is 1. The minimum Gasteiger partial charge on any atom is -0.461 e. The molecule has 0 fully saturated rings. The molecule has 0 saturated heterocycles. The van der Waals surface area contributed by atoms with Crippen molar-refractivity contribution in [1.29, 1.82) is 0 Å². The summed E-state index contributed by atoms with van der Waals surface area (Å²) < 4.78 is 9.66. The largest absolute Gasteiger partial charge is 0.461 e. The van der Waals surface area contributed by atoms with Gasteiger partial charge in [0.15, 0.2) is 22.5 Å². The van der Waals surface area contributed by atoms with Crippen LogP contribution in [0.15, 0.2) is 64.4 Å². The molecule has 0 N–H and O–H groups in total. The summed E-state index contributed by atoms with van der Waals surface area (Å²) in [6, 6.07) is 16.1. The Labute approximate surface area is 186 Å². The van der Waals surface area contributed by atoms with Gasteiger partial charge in [-0.25, -0.2) is 0 Å². The molecule has 0 bridgehead atoms. The van der Waals surface area contributed by atoms with Gasteiger partial charge in [-0.15, -0.1) is 10.2 Å². The summed E-state index contributed by atoms with van der Waals surface area (Å²) >= 11 is 1.42. The zero-order valence-corrected chi connectivity index (χ0v) is 18.9. The van der Waals surface area contributed by atoms with Crippen LogP contribution < -0.4 is 0 Å². The van der Waals surface area contributed by atoms with Crippen LogP contribution in [0, 0.1) is 13.8 Å². The van der Waals surface area contributed by atoms with Crippen LogP contribution in [-0.4, -0.2) is 30.9 Å². The predicted molar refractivity (Wildman–Crippen MR) is 123 cm³/mol. The molecule has 0 spiro atoms. The standard InChI is InChI=1S/C24H26N4O2S/c1-4-27-23(22-11-8-14-30-22)25-26-24(27)31-16-21(29)20-15-17(2)28(18(20)3)13-12-19-9-6-5-7-10-19/h5-11,14-15H,4,12-13,16H2,1-3H3. The minimum atomic E-state index is 0.106. The van der Waals surface area contributed by atoms with Gasteiger partial charge in [-0.3, -0.25) is 9.36 Å². The first-order chi connectivity index (χ1) is 15.1. The number of benzene rings is 1. The molecule has 0 aliphatic heterocycles. The van der Waals surface area contributed by atoms with Crippen molar-refractivity contribution in [2.75, 3.05) is 5.75 Å². The van der Waals surface area contributed by atoms with E-state index in [0.29, 0.717) is 23.9 Å². The number of furan rings is 1. The minimum absolute atomic E-state index is 0.106. The monoisotopic (exact) mass is 434 g/mol. The van der Waals surface area contributed by atoms with Crippen LogP contribution in [0.4, 0.5) is 0 Å². The van der Waals surface area contributed by atoms with Crippen LogP contribution in [0.5, 0.6) is 0 Å². The van der Waals surface area contributed by atoms with Crippen LogP contribution in [0.3, 0.4) is 0 Å². The van der Waals surface area contributed by atoms with Crippen LogP contribution in [-0.2, 0) is 19.5 Å². The maximum atomic E-state index is 13.0. The quantitative estimate of drug-likeness (QED) is 0.268. The fourth-order valence-corrected chi connectivity index (χ4v) is 4.68. The number of ketones is 1. The zero-order chi connectivity index (χ0) is 21.8. The zero-order valence-electron chi connectivity index (χ0n) is 18.0. The number of nitrogens with zero attached hydrogens (tertiary/aromatic N) is 4. The van der Waals surface area contributed by atoms with E-state index < -0.39 is 0 Å². The summed E-state index contributed by atoms with van der Waals surface area (Å²) in [6.45, 7) is 7.68. The molecular weight excluding hydrogens is 408 g/mol. The molecule has 6 nitrogen and oxygen atoms in total. The van der Waals surface area contributed by atoms with Crippen molar-refractivity contribution in [2.45, 2.75) is 45.4 Å². The molecule has 4 aromatic rings. The van der Waals surface area contributed by atoms with Crippen LogP contribution in [0.1, 0.15) is 34.2 Å². The summed E-state index contributed by atoms with van der Waals surface area (Å²) in [5.74, 6) is 1.78. The van der Waals surface area contributed by atoms with Gasteiger partial charge in [0.2, 0.25) is 0 Å². The van der Waals surface area contributed by atoms with Gasteiger partial charge in [0.05, 0.1) is 12.0 Å². The van der Waals surface area contributed by atoms with Crippen LogP contribution in [0.2, 0.25) is 0 Å². The molecule has 0 radical (unpaired) electrons. The molecule has 0 atom stereocenters. The number of carbonyl (C=O) groups excluding carboxylic acids is 1. The summed E-state index contributed by atoms with van der Waals surface area (Å²) in [4.78, 5) is 13.0. The average molecular weight is 435 g/mol. The fraction of sp³-hybridized carbons (Fsp3) is 0.292. The molecule has 3 aromatic heterocycles. The third-order valence-corrected chi connectivity index (χ3v) is 6.41. The van der Waals surface area contributed by atoms with Gasteiger partial charge in [0.1, 0.15) is 0 Å². The molecule has 4 rings (SSSR count). The molecule has 160 valence electrons. The molecule has 7 heteroatoms. The van der Waals surface area contributed by atoms with Crippen molar-refractivity contribution in [3.05, 3.63) is 77.3 Å². The predicted octanol–water partition coefficient (Wildman–Crippen LogP) is 5.19. The smallest absolute Gasteiger partial charge is 0.200 e. The Kier molecular flexibility index (Phi) is 6.42. The first kappa shape index (κ1) is 21.2. The Hall–Kier alpha value is -3.06. The number of hydrogen-bond acceptors (Lipinski definition) is 5. The Bertz CT molecular complexity index is 1160. The Morgan fingerprint density at radius 2 is 1.87 bits per heavy atom. The van der Waals surface area contributed by atoms with Crippen molar-refractivity contribution in [3.8, 4) is 11.6 Å². The van der Waals surface area contributed by atoms with Gasteiger partial charge in [-0.1, -0.05) is 42.1 Å². The summed E-state index contributed by atoms with van der Waals surface area (Å²) in [7, 11) is 0. The summed E-state index contributed by atoms with van der Waals surface area (Å²) in [5.41, 5.74) is 4.21. The number of hydrogen-bond donors (Lipinski definition) is 0. The number of carbonyl (C=O) groups is 1. The molecule has 0 unspecified atom stereocenters. The van der Waals surface area contributed by atoms with Gasteiger partial charge in [0, 0.05) is 30.0 Å². The number of aryl methyl sites for hydroxylation is 2. The highest BCUT2D eigenvalue weighted by Gasteiger charge is 2.19. The van der Waals surface area contributed by atoms with E-state index in [2.05, 4.69) is 46.0 Å². The van der Waals surface area contributed by atoms with Crippen molar-refractivity contribution in [3.63, 3.8) is 0 Å². The SMILES string of the molecule is CCn1c(SCC(=O)c2cc(C)n(CCc3ccccc3)c2C)nnc1-c1ccco1. The lowest BCUT2D eigenvalue weighted by Gasteiger charge is -2.10. The highest BCUT2D eigenvalue weighted by atomic mass is 32.2. The molecule has 0 amide bonds. The number of aromatic nitrogens is 4. The second-order valence-corrected chi connectivity index (χ2v) is 8.35. The second-order valence-electron chi connectivity index (χ2n) is 7.41. The first-order valence-electron chi connectivity index (χ1n) is 10.4. The second kappa shape index (κ2) is 9.39. The van der Waals surface area contributed by atoms with E-state index in [0.717, 1.165) is 35.1 Å². The van der Waals surface area contributed by atoms with Gasteiger partial charge < -0.3 is 8.98 Å². The summed E-state index contributed by atoms with van der Waals surface area (Å²) in [5, 5.41) is 9.25. The lowest BCUT2D eigenvalue weighted by atomic mass is 10.1. The molecule has 3 heterocycles. The Morgan fingerprint density at radius 3 is 2.58 bits per heavy atom. The molecular formula is C24H26N4O2S. The van der Waals surface area contributed by atoms with E-state index in [1.165, 1.54) is 17.3 Å². The highest BCUT2D eigenvalue weighted by molar-refractivity contribution is 7.99. The van der Waals surface area contributed by atoms with Gasteiger partial charge >= 0.3 is 0 Å². The van der Waals surface area contributed by atoms with E-state index in [9.17, 15) is 4.79 Å². The molecule has 0 saturated carbocycles. The van der Waals surface area contributed by atoms with E-state index >= 15 is 0 Å². The van der Waals surface area contributed by atoms with Gasteiger partial charge in [-0.2, -0.15) is 0 Å². The normalized spacial score (nSPS) is 11.2. The van der Waals surface area contributed by atoms with Crippen molar-refractivity contribution in [2.24, 2.45) is 0 Å². The lowest BCUT2D eigenvalue weighted by Crippen LogP contribution is -2.09. The van der Waals surface area contributed by atoms with Crippen molar-refractivity contribution < 1.29 is 9.21 Å². The first-order valence-corrected chi connectivity index (χ1v) is 11.4. The van der Waals surface area contributed by atoms with Gasteiger partial charge in [0.25, 0.3) is 0 Å². The maximum absolute atomic E-state index is 13.0. The van der Waals surface area contributed by atoms with Crippen LogP contribution in [0.25, 0.3) is 11.6 Å². The van der Waals surface area contributed by atoms with E-state index in [4.69, 9.17) is 4.42 Å². The summed E-state index contributed by atoms with van der Waals surface area (Å²) in [6.07, 6.45) is 2.56. The Morgan fingerprint density at radius 1 is 1.06 bits per heavy atom. The lowest BCUT2D eigenvalue weighted by molar-refractivity contribution is 0.102. The third kappa shape index (κ3) is 4.51. The number of rotatable bonds is 9. The van der Waals surface area contributed by atoms with E-state index in [-0.39, 0.29) is 5.78 Å². The number of thioether (sulfide) groups is 1. The van der Waals surface area contributed by atoms with E-state index in [1.54, 1.807) is 6.26 Å². The average Bonchev–Trinajstić information content (AvgIpc) is 3.51. The van der Waals surface area contributed by atoms with Crippen LogP contribution >= 0.6 is 11.8 Å². The molecule has 1 aromatic carbocycles. The topological polar surface area (TPSA) is 65.8 Å². The highest BCUT2D eigenvalue weighted by Crippen LogP contribution is 2.26. The van der Waals surface area contributed by atoms with Gasteiger partial charge in [-0.05, 0) is 51.0 Å². The Balaban J connectivity index is 1.45. The molecule has 0 aliphatic rings. The van der Waals surface area contributed by atoms with E-state index in [1.807, 2.05) is 42.7 Å². The molecule has 0 aliphatic carbocycles. The maximum Gasteiger partial charge on any atom is 0.200 e. The fourth-order valence-electron chi connectivity index (χ4n) is 3.79. The van der Waals surface area contributed by atoms with Crippen molar-refractivity contribution in [1.82, 2.24) is 19.3 Å². The third-order valence-electron chi connectivity index (χ3n) is 5.45. The van der Waals surface area contributed by atoms with Crippen molar-refractivity contribution >= 4 is 17.5 Å². The molecule has 31 heavy (non-hydrogen) atoms.